The lowest BCUT2D eigenvalue weighted by atomic mass is 9.83. The highest BCUT2D eigenvalue weighted by Crippen LogP contribution is 2.35. The Hall–Kier alpha value is -2.01. The highest BCUT2D eigenvalue weighted by atomic mass is 19.1. The first-order valence-corrected chi connectivity index (χ1v) is 7.96. The molecule has 1 fully saturated rings. The Bertz CT molecular complexity index is 802. The average molecular weight is 316 g/mol. The normalized spacial score (nSPS) is 23.6. The quantitative estimate of drug-likeness (QED) is 0.851. The van der Waals surface area contributed by atoms with Crippen LogP contribution in [0.25, 0.3) is 0 Å². The molecule has 2 bridgehead atoms. The molecule has 0 saturated carbocycles. The van der Waals surface area contributed by atoms with E-state index in [1.807, 2.05) is 10.6 Å². The molecule has 0 unspecified atom stereocenters. The smallest absolute Gasteiger partial charge is 0.250 e. The molecule has 23 heavy (non-hydrogen) atoms. The Morgan fingerprint density at radius 3 is 2.83 bits per heavy atom. The summed E-state index contributed by atoms with van der Waals surface area (Å²) in [6, 6.07) is 9.02. The second kappa shape index (κ2) is 5.57. The molecule has 4 rings (SSSR count). The molecular weight excluding hydrogens is 298 g/mol. The van der Waals surface area contributed by atoms with Gasteiger partial charge in [0.05, 0.1) is 0 Å². The van der Waals surface area contributed by atoms with Crippen molar-refractivity contribution < 1.29 is 8.78 Å². The molecule has 0 spiro atoms. The van der Waals surface area contributed by atoms with Crippen LogP contribution in [0.1, 0.15) is 23.6 Å². The summed E-state index contributed by atoms with van der Waals surface area (Å²) in [4.78, 5) is 14.2. The molecule has 3 heterocycles. The van der Waals surface area contributed by atoms with Gasteiger partial charge in [-0.15, -0.1) is 0 Å². The summed E-state index contributed by atoms with van der Waals surface area (Å²) < 4.78 is 29.1. The fourth-order valence-corrected chi connectivity index (χ4v) is 4.03. The van der Waals surface area contributed by atoms with Crippen LogP contribution in [-0.2, 0) is 13.1 Å². The molecule has 0 radical (unpaired) electrons. The third-order valence-electron chi connectivity index (χ3n) is 4.96. The zero-order valence-electron chi connectivity index (χ0n) is 12.7. The zero-order chi connectivity index (χ0) is 16.0. The Labute approximate surface area is 133 Å². The van der Waals surface area contributed by atoms with Gasteiger partial charge in [0.25, 0.3) is 5.56 Å². The van der Waals surface area contributed by atoms with Crippen LogP contribution in [-0.4, -0.2) is 22.6 Å². The van der Waals surface area contributed by atoms with Crippen LogP contribution in [0.4, 0.5) is 8.78 Å². The molecular formula is C18H18F2N2O. The van der Waals surface area contributed by atoms with E-state index in [-0.39, 0.29) is 17.3 Å². The van der Waals surface area contributed by atoms with Crippen molar-refractivity contribution in [2.75, 3.05) is 13.1 Å². The summed E-state index contributed by atoms with van der Waals surface area (Å²) in [7, 11) is 0. The molecule has 120 valence electrons. The summed E-state index contributed by atoms with van der Waals surface area (Å²) in [6.45, 7) is 2.71. The van der Waals surface area contributed by atoms with Gasteiger partial charge in [0.1, 0.15) is 11.6 Å². The first kappa shape index (κ1) is 14.6. The third kappa shape index (κ3) is 2.70. The van der Waals surface area contributed by atoms with E-state index in [2.05, 4.69) is 4.90 Å². The molecule has 0 N–H and O–H groups in total. The summed E-state index contributed by atoms with van der Waals surface area (Å²) >= 11 is 0. The Morgan fingerprint density at radius 2 is 1.96 bits per heavy atom. The Morgan fingerprint density at radius 1 is 1.09 bits per heavy atom. The minimum Gasteiger partial charge on any atom is -0.312 e. The van der Waals surface area contributed by atoms with E-state index in [0.717, 1.165) is 31.3 Å². The minimum absolute atomic E-state index is 0.0572. The van der Waals surface area contributed by atoms with E-state index in [9.17, 15) is 13.6 Å². The van der Waals surface area contributed by atoms with Crippen molar-refractivity contribution in [3.63, 3.8) is 0 Å². The number of fused-ring (bicyclic) bond motifs is 4. The molecule has 3 nitrogen and oxygen atoms in total. The number of rotatable bonds is 2. The van der Waals surface area contributed by atoms with Crippen molar-refractivity contribution in [2.45, 2.75) is 25.4 Å². The first-order valence-electron chi connectivity index (χ1n) is 7.96. The maximum atomic E-state index is 13.9. The molecule has 0 aliphatic carbocycles. The van der Waals surface area contributed by atoms with Gasteiger partial charge >= 0.3 is 0 Å². The van der Waals surface area contributed by atoms with Gasteiger partial charge < -0.3 is 4.57 Å². The van der Waals surface area contributed by atoms with Crippen molar-refractivity contribution in [3.8, 4) is 0 Å². The molecule has 2 aliphatic heterocycles. The molecule has 2 aromatic rings. The van der Waals surface area contributed by atoms with Crippen LogP contribution in [0.3, 0.4) is 0 Å². The fourth-order valence-electron chi connectivity index (χ4n) is 4.03. The standard InChI is InChI=1S/C18H18F2N2O/c19-15-4-5-16(20)13(7-15)10-21-8-12-6-14(11-21)17-2-1-3-18(23)22(17)9-12/h1-5,7,12,14H,6,8-11H2/t12-,14+/m0/s1. The van der Waals surface area contributed by atoms with Crippen LogP contribution in [0.2, 0.25) is 0 Å². The molecule has 2 atom stereocenters. The number of aromatic nitrogens is 1. The molecule has 2 aliphatic rings. The molecule has 5 heteroatoms. The number of piperidine rings is 1. The Kier molecular flexibility index (Phi) is 3.53. The lowest BCUT2D eigenvalue weighted by Gasteiger charge is -2.42. The van der Waals surface area contributed by atoms with E-state index >= 15 is 0 Å². The van der Waals surface area contributed by atoms with E-state index in [1.165, 1.54) is 12.1 Å². The largest absolute Gasteiger partial charge is 0.312 e. The zero-order valence-corrected chi connectivity index (χ0v) is 12.7. The number of hydrogen-bond donors (Lipinski definition) is 0. The average Bonchev–Trinajstić information content (AvgIpc) is 2.52. The van der Waals surface area contributed by atoms with Gasteiger partial charge in [-0.25, -0.2) is 8.78 Å². The molecule has 1 aromatic heterocycles. The van der Waals surface area contributed by atoms with E-state index < -0.39 is 5.82 Å². The second-order valence-electron chi connectivity index (χ2n) is 6.63. The van der Waals surface area contributed by atoms with E-state index in [4.69, 9.17) is 0 Å². The van der Waals surface area contributed by atoms with E-state index in [0.29, 0.717) is 24.6 Å². The van der Waals surface area contributed by atoms with Crippen LogP contribution < -0.4 is 5.56 Å². The van der Waals surface area contributed by atoms with Gasteiger partial charge in [-0.05, 0) is 36.6 Å². The minimum atomic E-state index is -0.407. The van der Waals surface area contributed by atoms with Crippen LogP contribution in [0.15, 0.2) is 41.2 Å². The first-order chi connectivity index (χ1) is 11.1. The van der Waals surface area contributed by atoms with Gasteiger partial charge in [-0.3, -0.25) is 9.69 Å². The van der Waals surface area contributed by atoms with Gasteiger partial charge in [-0.1, -0.05) is 6.07 Å². The predicted octanol–water partition coefficient (Wildman–Crippen LogP) is 2.75. The van der Waals surface area contributed by atoms with Crippen molar-refractivity contribution in [1.82, 2.24) is 9.47 Å². The summed E-state index contributed by atoms with van der Waals surface area (Å²) in [5.74, 6) is -0.0970. The van der Waals surface area contributed by atoms with Crippen LogP contribution in [0.5, 0.6) is 0 Å². The maximum absolute atomic E-state index is 13.9. The van der Waals surface area contributed by atoms with Gasteiger partial charge in [0, 0.05) is 49.4 Å². The highest BCUT2D eigenvalue weighted by molar-refractivity contribution is 5.20. The fraction of sp³-hybridized carbons (Fsp3) is 0.389. The highest BCUT2D eigenvalue weighted by Gasteiger charge is 2.34. The lowest BCUT2D eigenvalue weighted by molar-refractivity contribution is 0.113. The van der Waals surface area contributed by atoms with Crippen molar-refractivity contribution in [1.29, 1.82) is 0 Å². The van der Waals surface area contributed by atoms with Crippen LogP contribution >= 0.6 is 0 Å². The van der Waals surface area contributed by atoms with Gasteiger partial charge in [0.15, 0.2) is 0 Å². The number of benzene rings is 1. The third-order valence-corrected chi connectivity index (χ3v) is 4.96. The van der Waals surface area contributed by atoms with Crippen molar-refractivity contribution in [2.24, 2.45) is 5.92 Å². The lowest BCUT2D eigenvalue weighted by Crippen LogP contribution is -2.46. The molecule has 1 saturated heterocycles. The molecule has 0 amide bonds. The number of pyridine rings is 1. The number of likely N-dealkylation sites (tertiary alicyclic amines) is 1. The second-order valence-corrected chi connectivity index (χ2v) is 6.63. The topological polar surface area (TPSA) is 25.2 Å². The predicted molar refractivity (Wildman–Crippen MR) is 83.2 cm³/mol. The molecule has 1 aromatic carbocycles. The SMILES string of the molecule is O=c1cccc2n1C[C@H]1C[C@@H]2CN(Cc2cc(F)ccc2F)C1. The Balaban J connectivity index is 1.59. The van der Waals surface area contributed by atoms with Crippen molar-refractivity contribution in [3.05, 3.63) is 69.6 Å². The number of hydrogen-bond acceptors (Lipinski definition) is 2. The van der Waals surface area contributed by atoms with Gasteiger partial charge in [-0.2, -0.15) is 0 Å². The summed E-state index contributed by atoms with van der Waals surface area (Å²) in [5, 5.41) is 0. The van der Waals surface area contributed by atoms with Crippen molar-refractivity contribution >= 4 is 0 Å². The number of nitrogens with zero attached hydrogens (tertiary/aromatic N) is 2. The van der Waals surface area contributed by atoms with Gasteiger partial charge in [0.2, 0.25) is 0 Å². The summed E-state index contributed by atoms with van der Waals surface area (Å²) in [5.41, 5.74) is 1.52. The number of halogens is 2. The van der Waals surface area contributed by atoms with E-state index in [1.54, 1.807) is 12.1 Å². The summed E-state index contributed by atoms with van der Waals surface area (Å²) in [6.07, 6.45) is 1.06. The monoisotopic (exact) mass is 316 g/mol. The maximum Gasteiger partial charge on any atom is 0.250 e. The van der Waals surface area contributed by atoms with Crippen LogP contribution in [0, 0.1) is 17.6 Å².